The molecule has 0 bridgehead atoms. The lowest BCUT2D eigenvalue weighted by Crippen LogP contribution is -2.24. The van der Waals surface area contributed by atoms with Gasteiger partial charge in [-0.1, -0.05) is 0 Å². The van der Waals surface area contributed by atoms with E-state index in [0.29, 0.717) is 23.8 Å². The van der Waals surface area contributed by atoms with Crippen LogP contribution >= 0.6 is 0 Å². The Kier molecular flexibility index (Phi) is 3.18. The molecule has 0 saturated carbocycles. The van der Waals surface area contributed by atoms with E-state index in [9.17, 15) is 4.79 Å². The molecule has 9 heteroatoms. The summed E-state index contributed by atoms with van der Waals surface area (Å²) in [7, 11) is 1.79. The lowest BCUT2D eigenvalue weighted by Gasteiger charge is -2.06. The fourth-order valence-electron chi connectivity index (χ4n) is 2.21. The molecule has 3 aromatic heterocycles. The summed E-state index contributed by atoms with van der Waals surface area (Å²) in [6, 6.07) is 0. The van der Waals surface area contributed by atoms with Crippen LogP contribution in [0.2, 0.25) is 0 Å². The van der Waals surface area contributed by atoms with Crippen molar-refractivity contribution in [1.29, 1.82) is 0 Å². The zero-order valence-electron chi connectivity index (χ0n) is 11.8. The van der Waals surface area contributed by atoms with Gasteiger partial charge in [0.15, 0.2) is 17.3 Å². The van der Waals surface area contributed by atoms with Crippen molar-refractivity contribution in [3.63, 3.8) is 0 Å². The van der Waals surface area contributed by atoms with Gasteiger partial charge < -0.3 is 5.43 Å². The molecule has 0 aliphatic rings. The number of nitrogens with one attached hydrogen (secondary N) is 1. The topological polar surface area (TPSA) is 109 Å². The summed E-state index contributed by atoms with van der Waals surface area (Å²) in [5.41, 5.74) is 3.12. The van der Waals surface area contributed by atoms with Gasteiger partial charge >= 0.3 is 5.69 Å². The van der Waals surface area contributed by atoms with Crippen LogP contribution in [0.15, 0.2) is 23.4 Å². The molecule has 0 atom stereocenters. The van der Waals surface area contributed by atoms with E-state index in [1.165, 1.54) is 0 Å². The fourth-order valence-corrected chi connectivity index (χ4v) is 2.21. The number of nitrogens with zero attached hydrogens (tertiary/aromatic N) is 6. The highest BCUT2D eigenvalue weighted by molar-refractivity contribution is 5.86. The Labute approximate surface area is 120 Å². The number of hydrogen-bond donors (Lipinski definition) is 2. The normalized spacial score (nSPS) is 11.2. The molecule has 3 heterocycles. The summed E-state index contributed by atoms with van der Waals surface area (Å²) >= 11 is 0. The first-order valence-corrected chi connectivity index (χ1v) is 6.54. The van der Waals surface area contributed by atoms with Crippen molar-refractivity contribution in [2.24, 2.45) is 12.9 Å². The maximum Gasteiger partial charge on any atom is 0.328 e. The summed E-state index contributed by atoms with van der Waals surface area (Å²) in [5.74, 6) is 6.48. The Hall–Kier alpha value is -2.68. The summed E-state index contributed by atoms with van der Waals surface area (Å²) in [4.78, 5) is 20.8. The molecule has 3 aromatic rings. The van der Waals surface area contributed by atoms with Gasteiger partial charge in [-0.05, 0) is 6.92 Å². The van der Waals surface area contributed by atoms with Crippen molar-refractivity contribution in [2.45, 2.75) is 20.0 Å². The van der Waals surface area contributed by atoms with E-state index >= 15 is 0 Å². The average Bonchev–Trinajstić information content (AvgIpc) is 3.03. The van der Waals surface area contributed by atoms with E-state index in [1.54, 1.807) is 39.5 Å². The van der Waals surface area contributed by atoms with E-state index in [4.69, 9.17) is 5.84 Å². The number of imidazole rings is 1. The number of aromatic nitrogens is 6. The van der Waals surface area contributed by atoms with Gasteiger partial charge in [-0.15, -0.1) is 0 Å². The maximum absolute atomic E-state index is 12.1. The van der Waals surface area contributed by atoms with Crippen molar-refractivity contribution in [1.82, 2.24) is 28.9 Å². The fraction of sp³-hybridized carbons (Fsp3) is 0.333. The molecule has 0 spiro atoms. The summed E-state index contributed by atoms with van der Waals surface area (Å²) < 4.78 is 4.81. The van der Waals surface area contributed by atoms with E-state index in [1.807, 2.05) is 6.92 Å². The van der Waals surface area contributed by atoms with Gasteiger partial charge in [0.2, 0.25) is 0 Å². The SMILES string of the molecule is CCn1ccn(Cc2nc(NN)c3cnn(C)c3n2)c1=O. The van der Waals surface area contributed by atoms with E-state index in [0.717, 1.165) is 5.39 Å². The zero-order valence-corrected chi connectivity index (χ0v) is 11.8. The van der Waals surface area contributed by atoms with Crippen LogP contribution < -0.4 is 17.0 Å². The summed E-state index contributed by atoms with van der Waals surface area (Å²) in [5, 5.41) is 4.87. The van der Waals surface area contributed by atoms with Crippen LogP contribution in [0.25, 0.3) is 11.0 Å². The molecule has 9 nitrogen and oxygen atoms in total. The molecule has 3 N–H and O–H groups in total. The number of nitrogens with two attached hydrogens (primary N) is 1. The van der Waals surface area contributed by atoms with Gasteiger partial charge in [0.05, 0.1) is 18.1 Å². The number of hydrazine groups is 1. The first-order chi connectivity index (χ1) is 10.1. The minimum absolute atomic E-state index is 0.0894. The monoisotopic (exact) mass is 288 g/mol. The minimum atomic E-state index is -0.0894. The Morgan fingerprint density at radius 2 is 2.05 bits per heavy atom. The van der Waals surface area contributed by atoms with Crippen LogP contribution in [-0.2, 0) is 20.1 Å². The van der Waals surface area contributed by atoms with Gasteiger partial charge in [0.25, 0.3) is 0 Å². The van der Waals surface area contributed by atoms with Gasteiger partial charge in [0, 0.05) is 26.0 Å². The third kappa shape index (κ3) is 2.17. The molecule has 0 amide bonds. The molecule has 0 unspecified atom stereocenters. The molecule has 0 saturated heterocycles. The third-order valence-corrected chi connectivity index (χ3v) is 3.35. The van der Waals surface area contributed by atoms with Gasteiger partial charge in [-0.2, -0.15) is 5.10 Å². The Morgan fingerprint density at radius 1 is 1.29 bits per heavy atom. The van der Waals surface area contributed by atoms with Gasteiger partial charge in [-0.3, -0.25) is 13.8 Å². The zero-order chi connectivity index (χ0) is 15.0. The summed E-state index contributed by atoms with van der Waals surface area (Å²) in [6.07, 6.45) is 5.11. The molecule has 21 heavy (non-hydrogen) atoms. The Bertz CT molecular complexity index is 843. The van der Waals surface area contributed by atoms with Crippen LogP contribution in [-0.4, -0.2) is 28.9 Å². The number of aryl methyl sites for hydroxylation is 2. The minimum Gasteiger partial charge on any atom is -0.308 e. The van der Waals surface area contributed by atoms with E-state index in [2.05, 4.69) is 20.5 Å². The first kappa shape index (κ1) is 13.3. The number of hydrogen-bond acceptors (Lipinski definition) is 6. The molecule has 0 fully saturated rings. The second kappa shape index (κ2) is 5.02. The molecule has 0 aliphatic carbocycles. The molecule has 3 rings (SSSR count). The van der Waals surface area contributed by atoms with Crippen LogP contribution in [0.4, 0.5) is 5.82 Å². The van der Waals surface area contributed by atoms with E-state index in [-0.39, 0.29) is 12.2 Å². The first-order valence-electron chi connectivity index (χ1n) is 6.54. The van der Waals surface area contributed by atoms with Crippen LogP contribution in [0, 0.1) is 0 Å². The number of rotatable bonds is 4. The highest BCUT2D eigenvalue weighted by Crippen LogP contribution is 2.18. The highest BCUT2D eigenvalue weighted by Gasteiger charge is 2.12. The smallest absolute Gasteiger partial charge is 0.308 e. The molecule has 0 aliphatic heterocycles. The Balaban J connectivity index is 2.06. The largest absolute Gasteiger partial charge is 0.328 e. The Morgan fingerprint density at radius 3 is 2.71 bits per heavy atom. The molecule has 0 aromatic carbocycles. The maximum atomic E-state index is 12.1. The van der Waals surface area contributed by atoms with Crippen molar-refractivity contribution >= 4 is 16.9 Å². The second-order valence-electron chi connectivity index (χ2n) is 4.63. The lowest BCUT2D eigenvalue weighted by molar-refractivity contribution is 0.653. The molecular weight excluding hydrogens is 272 g/mol. The van der Waals surface area contributed by atoms with Crippen molar-refractivity contribution < 1.29 is 0 Å². The molecular formula is C12H16N8O. The van der Waals surface area contributed by atoms with Crippen LogP contribution in [0.1, 0.15) is 12.7 Å². The van der Waals surface area contributed by atoms with Crippen LogP contribution in [0.3, 0.4) is 0 Å². The van der Waals surface area contributed by atoms with Crippen molar-refractivity contribution in [3.8, 4) is 0 Å². The van der Waals surface area contributed by atoms with Crippen molar-refractivity contribution in [2.75, 3.05) is 5.43 Å². The van der Waals surface area contributed by atoms with Crippen LogP contribution in [0.5, 0.6) is 0 Å². The molecule has 110 valence electrons. The third-order valence-electron chi connectivity index (χ3n) is 3.35. The predicted octanol–water partition coefficient (Wildman–Crippen LogP) is -0.320. The second-order valence-corrected chi connectivity index (χ2v) is 4.63. The highest BCUT2D eigenvalue weighted by atomic mass is 16.1. The van der Waals surface area contributed by atoms with Crippen molar-refractivity contribution in [3.05, 3.63) is 34.9 Å². The van der Waals surface area contributed by atoms with Gasteiger partial charge in [-0.25, -0.2) is 20.6 Å². The number of anilines is 1. The summed E-state index contributed by atoms with van der Waals surface area (Å²) in [6.45, 7) is 2.82. The number of fused-ring (bicyclic) bond motifs is 1. The predicted molar refractivity (Wildman–Crippen MR) is 77.6 cm³/mol. The lowest BCUT2D eigenvalue weighted by atomic mass is 10.4. The number of nitrogen functional groups attached to an aromatic ring is 1. The molecule has 0 radical (unpaired) electrons. The van der Waals surface area contributed by atoms with E-state index < -0.39 is 0 Å². The standard InChI is InChI=1S/C12H16N8O/c1-3-19-4-5-20(12(19)21)7-9-15-10(17-13)8-6-14-18(2)11(8)16-9/h4-6H,3,7,13H2,1-2H3,(H,15,16,17). The average molecular weight is 288 g/mol. The quantitative estimate of drug-likeness (QED) is 0.503. The van der Waals surface area contributed by atoms with Gasteiger partial charge in [0.1, 0.15) is 0 Å².